The largest absolute Gasteiger partial charge is 0.356 e. The van der Waals surface area contributed by atoms with Gasteiger partial charge in [0.2, 0.25) is 17.7 Å². The van der Waals surface area contributed by atoms with Crippen LogP contribution in [0.25, 0.3) is 0 Å². The third-order valence-corrected chi connectivity index (χ3v) is 4.02. The standard InChI is InChI=1S/C16H30N4O3/c1-2-18-14(21)7-5-8-16(23)20-11-4-3-6-13(20)12-19-15(22)9-10-17/h13H,2-12,17H2,1H3,(H,18,21)(H,19,22). The zero-order valence-corrected chi connectivity index (χ0v) is 14.1. The number of hydrogen-bond donors (Lipinski definition) is 3. The van der Waals surface area contributed by atoms with Gasteiger partial charge in [0.25, 0.3) is 0 Å². The van der Waals surface area contributed by atoms with E-state index >= 15 is 0 Å². The Balaban J connectivity index is 2.38. The highest BCUT2D eigenvalue weighted by Gasteiger charge is 2.26. The summed E-state index contributed by atoms with van der Waals surface area (Å²) in [5.74, 6) is -0.00155. The van der Waals surface area contributed by atoms with Gasteiger partial charge in [-0.15, -0.1) is 0 Å². The molecule has 1 atom stereocenters. The van der Waals surface area contributed by atoms with Crippen LogP contribution in [0, 0.1) is 0 Å². The fraction of sp³-hybridized carbons (Fsp3) is 0.812. The summed E-state index contributed by atoms with van der Waals surface area (Å²) in [5, 5.41) is 5.58. The number of nitrogens with two attached hydrogens (primary N) is 1. The minimum Gasteiger partial charge on any atom is -0.356 e. The Morgan fingerprint density at radius 1 is 1.09 bits per heavy atom. The SMILES string of the molecule is CCNC(=O)CCCC(=O)N1CCCCC1CNC(=O)CCN. The van der Waals surface area contributed by atoms with Crippen molar-refractivity contribution in [1.82, 2.24) is 15.5 Å². The summed E-state index contributed by atoms with van der Waals surface area (Å²) in [6.07, 6.45) is 4.61. The molecule has 4 N–H and O–H groups in total. The third-order valence-electron chi connectivity index (χ3n) is 4.02. The van der Waals surface area contributed by atoms with Crippen molar-refractivity contribution in [2.24, 2.45) is 5.73 Å². The van der Waals surface area contributed by atoms with Crippen molar-refractivity contribution in [1.29, 1.82) is 0 Å². The molecule has 7 heteroatoms. The molecule has 1 unspecified atom stereocenters. The van der Waals surface area contributed by atoms with E-state index in [-0.39, 0.29) is 23.8 Å². The number of rotatable bonds is 9. The van der Waals surface area contributed by atoms with E-state index in [0.29, 0.717) is 45.3 Å². The number of hydrogen-bond acceptors (Lipinski definition) is 4. The summed E-state index contributed by atoms with van der Waals surface area (Å²) >= 11 is 0. The van der Waals surface area contributed by atoms with E-state index in [1.807, 2.05) is 11.8 Å². The summed E-state index contributed by atoms with van der Waals surface area (Å²) in [6, 6.07) is 0.0578. The molecule has 1 aliphatic heterocycles. The molecule has 1 heterocycles. The normalized spacial score (nSPS) is 17.7. The van der Waals surface area contributed by atoms with Crippen LogP contribution in [0.1, 0.15) is 51.9 Å². The van der Waals surface area contributed by atoms with Crippen LogP contribution in [0.4, 0.5) is 0 Å². The van der Waals surface area contributed by atoms with Gasteiger partial charge in [-0.3, -0.25) is 14.4 Å². The second kappa shape index (κ2) is 11.0. The van der Waals surface area contributed by atoms with Crippen LogP contribution in [0.15, 0.2) is 0 Å². The van der Waals surface area contributed by atoms with E-state index in [4.69, 9.17) is 5.73 Å². The van der Waals surface area contributed by atoms with Crippen molar-refractivity contribution < 1.29 is 14.4 Å². The van der Waals surface area contributed by atoms with E-state index in [2.05, 4.69) is 10.6 Å². The maximum Gasteiger partial charge on any atom is 0.222 e. The average Bonchev–Trinajstić information content (AvgIpc) is 2.53. The Bertz CT molecular complexity index is 401. The number of nitrogens with one attached hydrogen (secondary N) is 2. The van der Waals surface area contributed by atoms with Crippen molar-refractivity contribution in [3.05, 3.63) is 0 Å². The first-order valence-corrected chi connectivity index (χ1v) is 8.61. The van der Waals surface area contributed by atoms with Crippen LogP contribution >= 0.6 is 0 Å². The Morgan fingerprint density at radius 3 is 2.52 bits per heavy atom. The van der Waals surface area contributed by atoms with Gasteiger partial charge in [-0.2, -0.15) is 0 Å². The van der Waals surface area contributed by atoms with Gasteiger partial charge in [-0.05, 0) is 32.6 Å². The van der Waals surface area contributed by atoms with Crippen LogP contribution in [-0.4, -0.2) is 54.8 Å². The Hall–Kier alpha value is -1.63. The highest BCUT2D eigenvalue weighted by atomic mass is 16.2. The maximum atomic E-state index is 12.4. The monoisotopic (exact) mass is 326 g/mol. The molecule has 0 aliphatic carbocycles. The minimum absolute atomic E-state index is 0.00968. The topological polar surface area (TPSA) is 105 Å². The Morgan fingerprint density at radius 2 is 1.83 bits per heavy atom. The molecule has 0 saturated carbocycles. The number of amides is 3. The second-order valence-electron chi connectivity index (χ2n) is 5.89. The second-order valence-corrected chi connectivity index (χ2v) is 5.89. The molecule has 1 saturated heterocycles. The summed E-state index contributed by atoms with van der Waals surface area (Å²) in [6.45, 7) is 4.04. The first kappa shape index (κ1) is 19.4. The van der Waals surface area contributed by atoms with E-state index in [1.165, 1.54) is 0 Å². The van der Waals surface area contributed by atoms with Gasteiger partial charge < -0.3 is 21.3 Å². The zero-order valence-electron chi connectivity index (χ0n) is 14.1. The highest BCUT2D eigenvalue weighted by Crippen LogP contribution is 2.18. The van der Waals surface area contributed by atoms with Crippen molar-refractivity contribution in [3.63, 3.8) is 0 Å². The summed E-state index contributed by atoms with van der Waals surface area (Å²) in [7, 11) is 0. The molecule has 7 nitrogen and oxygen atoms in total. The first-order chi connectivity index (χ1) is 11.1. The number of carbonyl (C=O) groups excluding carboxylic acids is 3. The van der Waals surface area contributed by atoms with Crippen LogP contribution in [0.3, 0.4) is 0 Å². The molecule has 0 aromatic heterocycles. The van der Waals surface area contributed by atoms with Gasteiger partial charge in [-0.1, -0.05) is 0 Å². The van der Waals surface area contributed by atoms with E-state index in [0.717, 1.165) is 25.8 Å². The third kappa shape index (κ3) is 7.45. The molecule has 0 aromatic rings. The van der Waals surface area contributed by atoms with Gasteiger partial charge in [-0.25, -0.2) is 0 Å². The average molecular weight is 326 g/mol. The molecule has 0 radical (unpaired) electrons. The van der Waals surface area contributed by atoms with Gasteiger partial charge in [0, 0.05) is 51.5 Å². The van der Waals surface area contributed by atoms with E-state index in [1.54, 1.807) is 0 Å². The molecule has 23 heavy (non-hydrogen) atoms. The van der Waals surface area contributed by atoms with E-state index in [9.17, 15) is 14.4 Å². The van der Waals surface area contributed by atoms with E-state index < -0.39 is 0 Å². The van der Waals surface area contributed by atoms with Crippen molar-refractivity contribution >= 4 is 17.7 Å². The Labute approximate surface area is 138 Å². The first-order valence-electron chi connectivity index (χ1n) is 8.61. The zero-order chi connectivity index (χ0) is 17.1. The molecule has 1 rings (SSSR count). The molecule has 0 aromatic carbocycles. The maximum absolute atomic E-state index is 12.4. The van der Waals surface area contributed by atoms with Gasteiger partial charge in [0.1, 0.15) is 0 Å². The number of piperidine rings is 1. The predicted octanol–water partition coefficient (Wildman–Crippen LogP) is 0.139. The molecule has 1 fully saturated rings. The predicted molar refractivity (Wildman–Crippen MR) is 88.6 cm³/mol. The lowest BCUT2D eigenvalue weighted by Crippen LogP contribution is -2.49. The van der Waals surface area contributed by atoms with Gasteiger partial charge in [0.15, 0.2) is 0 Å². The minimum atomic E-state index is -0.0679. The Kier molecular flexibility index (Phi) is 9.28. The molecular weight excluding hydrogens is 296 g/mol. The van der Waals surface area contributed by atoms with Gasteiger partial charge >= 0.3 is 0 Å². The fourth-order valence-electron chi connectivity index (χ4n) is 2.82. The molecule has 0 bridgehead atoms. The molecule has 0 spiro atoms. The van der Waals surface area contributed by atoms with Crippen molar-refractivity contribution in [2.75, 3.05) is 26.2 Å². The molecular formula is C16H30N4O3. The van der Waals surface area contributed by atoms with Crippen LogP contribution in [0.2, 0.25) is 0 Å². The fourth-order valence-corrected chi connectivity index (χ4v) is 2.82. The number of carbonyl (C=O) groups is 3. The number of likely N-dealkylation sites (tertiary alicyclic amines) is 1. The highest BCUT2D eigenvalue weighted by molar-refractivity contribution is 5.79. The lowest BCUT2D eigenvalue weighted by Gasteiger charge is -2.36. The lowest BCUT2D eigenvalue weighted by atomic mass is 10.0. The lowest BCUT2D eigenvalue weighted by molar-refractivity contribution is -0.135. The summed E-state index contributed by atoms with van der Waals surface area (Å²) in [4.78, 5) is 37.2. The molecule has 1 aliphatic rings. The van der Waals surface area contributed by atoms with Crippen molar-refractivity contribution in [3.8, 4) is 0 Å². The van der Waals surface area contributed by atoms with Crippen LogP contribution in [-0.2, 0) is 14.4 Å². The number of nitrogens with zero attached hydrogens (tertiary/aromatic N) is 1. The van der Waals surface area contributed by atoms with Crippen molar-refractivity contribution in [2.45, 2.75) is 57.9 Å². The van der Waals surface area contributed by atoms with Crippen LogP contribution in [0.5, 0.6) is 0 Å². The summed E-state index contributed by atoms with van der Waals surface area (Å²) in [5.41, 5.74) is 5.36. The quantitative estimate of drug-likeness (QED) is 0.560. The van der Waals surface area contributed by atoms with Crippen LogP contribution < -0.4 is 16.4 Å². The molecule has 3 amide bonds. The summed E-state index contributed by atoms with van der Waals surface area (Å²) < 4.78 is 0. The smallest absolute Gasteiger partial charge is 0.222 e. The van der Waals surface area contributed by atoms with Gasteiger partial charge in [0.05, 0.1) is 0 Å². The molecule has 132 valence electrons.